The molecule has 0 bridgehead atoms. The van der Waals surface area contributed by atoms with Gasteiger partial charge in [0.05, 0.1) is 10.7 Å². The highest BCUT2D eigenvalue weighted by molar-refractivity contribution is 6.33. The minimum Gasteiger partial charge on any atom is -0.384 e. The number of halogens is 3. The standard InChI is InChI=1S/C17H13ClF2N4/c18-14-9-22-16(21)7-13(14)15-2-1-3-17(24-15)23-8-10-4-11(19)6-12(20)5-10/h1-7,9H,8H2,(H2,21,22)(H,23,24). The van der Waals surface area contributed by atoms with Crippen LogP contribution in [0.3, 0.4) is 0 Å². The summed E-state index contributed by atoms with van der Waals surface area (Å²) in [5.41, 5.74) is 7.43. The summed E-state index contributed by atoms with van der Waals surface area (Å²) in [7, 11) is 0. The predicted molar refractivity (Wildman–Crippen MR) is 90.6 cm³/mol. The van der Waals surface area contributed by atoms with Crippen LogP contribution in [0.2, 0.25) is 5.02 Å². The van der Waals surface area contributed by atoms with E-state index in [1.165, 1.54) is 18.3 Å². The van der Waals surface area contributed by atoms with E-state index in [-0.39, 0.29) is 6.54 Å². The van der Waals surface area contributed by atoms with E-state index in [0.29, 0.717) is 33.5 Å². The molecule has 2 heterocycles. The summed E-state index contributed by atoms with van der Waals surface area (Å²) in [5, 5.41) is 3.46. The maximum absolute atomic E-state index is 13.2. The maximum atomic E-state index is 13.2. The molecule has 24 heavy (non-hydrogen) atoms. The minimum absolute atomic E-state index is 0.233. The lowest BCUT2D eigenvalue weighted by atomic mass is 10.1. The van der Waals surface area contributed by atoms with E-state index in [9.17, 15) is 8.78 Å². The lowest BCUT2D eigenvalue weighted by molar-refractivity contribution is 0.580. The molecule has 7 heteroatoms. The van der Waals surface area contributed by atoms with Gasteiger partial charge in [0.15, 0.2) is 0 Å². The molecule has 0 atom stereocenters. The first-order valence-corrected chi connectivity index (χ1v) is 7.46. The molecular weight excluding hydrogens is 334 g/mol. The fourth-order valence-corrected chi connectivity index (χ4v) is 2.44. The van der Waals surface area contributed by atoms with Crippen molar-refractivity contribution in [3.8, 4) is 11.3 Å². The average Bonchev–Trinajstić information content (AvgIpc) is 2.55. The molecule has 3 N–H and O–H groups in total. The first kappa shape index (κ1) is 16.1. The largest absolute Gasteiger partial charge is 0.384 e. The van der Waals surface area contributed by atoms with Crippen LogP contribution in [-0.2, 0) is 6.54 Å². The van der Waals surface area contributed by atoms with E-state index in [4.69, 9.17) is 17.3 Å². The molecule has 3 rings (SSSR count). The van der Waals surface area contributed by atoms with Gasteiger partial charge in [-0.3, -0.25) is 0 Å². The van der Waals surface area contributed by atoms with Gasteiger partial charge < -0.3 is 11.1 Å². The first-order chi connectivity index (χ1) is 11.5. The number of anilines is 2. The molecule has 0 spiro atoms. The van der Waals surface area contributed by atoms with Crippen LogP contribution in [0.4, 0.5) is 20.4 Å². The SMILES string of the molecule is Nc1cc(-c2cccc(NCc3cc(F)cc(F)c3)n2)c(Cl)cn1. The average molecular weight is 347 g/mol. The quantitative estimate of drug-likeness (QED) is 0.740. The fraction of sp³-hybridized carbons (Fsp3) is 0.0588. The van der Waals surface area contributed by atoms with Crippen molar-refractivity contribution in [2.24, 2.45) is 0 Å². The van der Waals surface area contributed by atoms with Gasteiger partial charge in [-0.05, 0) is 35.9 Å². The zero-order valence-corrected chi connectivity index (χ0v) is 13.2. The van der Waals surface area contributed by atoms with Gasteiger partial charge in [0.25, 0.3) is 0 Å². The number of aromatic nitrogens is 2. The van der Waals surface area contributed by atoms with Gasteiger partial charge in [0, 0.05) is 24.4 Å². The highest BCUT2D eigenvalue weighted by Gasteiger charge is 2.08. The van der Waals surface area contributed by atoms with Crippen LogP contribution in [0.25, 0.3) is 11.3 Å². The van der Waals surface area contributed by atoms with Crippen molar-refractivity contribution in [3.63, 3.8) is 0 Å². The molecule has 0 radical (unpaired) electrons. The smallest absolute Gasteiger partial charge is 0.126 e. The van der Waals surface area contributed by atoms with Gasteiger partial charge in [-0.2, -0.15) is 0 Å². The summed E-state index contributed by atoms with van der Waals surface area (Å²) in [6, 6.07) is 10.3. The van der Waals surface area contributed by atoms with Crippen molar-refractivity contribution in [3.05, 3.63) is 70.9 Å². The molecule has 0 aliphatic carbocycles. The molecule has 0 saturated heterocycles. The number of benzene rings is 1. The van der Waals surface area contributed by atoms with Crippen molar-refractivity contribution >= 4 is 23.2 Å². The number of nitrogens with one attached hydrogen (secondary N) is 1. The van der Waals surface area contributed by atoms with Crippen molar-refractivity contribution < 1.29 is 8.78 Å². The van der Waals surface area contributed by atoms with Gasteiger partial charge >= 0.3 is 0 Å². The molecule has 0 amide bonds. The fourth-order valence-electron chi connectivity index (χ4n) is 2.24. The van der Waals surface area contributed by atoms with Crippen molar-refractivity contribution in [1.29, 1.82) is 0 Å². The van der Waals surface area contributed by atoms with Crippen LogP contribution in [0.1, 0.15) is 5.56 Å². The van der Waals surface area contributed by atoms with E-state index < -0.39 is 11.6 Å². The van der Waals surface area contributed by atoms with Crippen molar-refractivity contribution in [2.75, 3.05) is 11.1 Å². The van der Waals surface area contributed by atoms with Gasteiger partial charge in [-0.25, -0.2) is 18.7 Å². The second-order valence-electron chi connectivity index (χ2n) is 5.13. The lowest BCUT2D eigenvalue weighted by Gasteiger charge is -2.09. The van der Waals surface area contributed by atoms with Crippen LogP contribution >= 0.6 is 11.6 Å². The normalized spacial score (nSPS) is 10.6. The summed E-state index contributed by atoms with van der Waals surface area (Å²) in [5.74, 6) is -0.353. The molecule has 0 aliphatic rings. The van der Waals surface area contributed by atoms with Crippen molar-refractivity contribution in [1.82, 2.24) is 9.97 Å². The summed E-state index contributed by atoms with van der Waals surface area (Å²) in [6.07, 6.45) is 1.46. The number of hydrogen-bond donors (Lipinski definition) is 2. The maximum Gasteiger partial charge on any atom is 0.126 e. The van der Waals surface area contributed by atoms with Crippen LogP contribution in [0, 0.1) is 11.6 Å². The molecular formula is C17H13ClF2N4. The Bertz CT molecular complexity index is 866. The lowest BCUT2D eigenvalue weighted by Crippen LogP contribution is -2.03. The molecule has 2 aromatic heterocycles. The summed E-state index contributed by atoms with van der Waals surface area (Å²) < 4.78 is 26.4. The van der Waals surface area contributed by atoms with Crippen molar-refractivity contribution in [2.45, 2.75) is 6.54 Å². The van der Waals surface area contributed by atoms with E-state index in [0.717, 1.165) is 6.07 Å². The van der Waals surface area contributed by atoms with Gasteiger partial charge in [0.1, 0.15) is 23.3 Å². The predicted octanol–water partition coefficient (Wildman–Crippen LogP) is 4.27. The summed E-state index contributed by atoms with van der Waals surface area (Å²) in [4.78, 5) is 8.35. The second kappa shape index (κ2) is 6.80. The topological polar surface area (TPSA) is 63.8 Å². The number of nitrogens with zero attached hydrogens (tertiary/aromatic N) is 2. The summed E-state index contributed by atoms with van der Waals surface area (Å²) >= 11 is 6.13. The Kier molecular flexibility index (Phi) is 4.57. The molecule has 0 unspecified atom stereocenters. The number of nitrogens with two attached hydrogens (primary N) is 1. The number of nitrogen functional groups attached to an aromatic ring is 1. The highest BCUT2D eigenvalue weighted by atomic mass is 35.5. The Labute approximate surface area is 142 Å². The second-order valence-corrected chi connectivity index (χ2v) is 5.54. The molecule has 0 aliphatic heterocycles. The Hall–Kier alpha value is -2.73. The molecule has 0 fully saturated rings. The Morgan fingerprint density at radius 1 is 1.08 bits per heavy atom. The zero-order valence-electron chi connectivity index (χ0n) is 12.4. The van der Waals surface area contributed by atoms with Gasteiger partial charge in [0.2, 0.25) is 0 Å². The number of hydrogen-bond acceptors (Lipinski definition) is 4. The monoisotopic (exact) mass is 346 g/mol. The molecule has 3 aromatic rings. The first-order valence-electron chi connectivity index (χ1n) is 7.08. The van der Waals surface area contributed by atoms with E-state index >= 15 is 0 Å². The molecule has 0 saturated carbocycles. The zero-order chi connectivity index (χ0) is 17.1. The van der Waals surface area contributed by atoms with E-state index in [1.807, 2.05) is 0 Å². The Morgan fingerprint density at radius 2 is 1.83 bits per heavy atom. The van der Waals surface area contributed by atoms with E-state index in [2.05, 4.69) is 15.3 Å². The van der Waals surface area contributed by atoms with Crippen LogP contribution in [0.5, 0.6) is 0 Å². The van der Waals surface area contributed by atoms with Gasteiger partial charge in [-0.1, -0.05) is 17.7 Å². The third-order valence-electron chi connectivity index (χ3n) is 3.30. The van der Waals surface area contributed by atoms with Gasteiger partial charge in [-0.15, -0.1) is 0 Å². The van der Waals surface area contributed by atoms with Crippen LogP contribution < -0.4 is 11.1 Å². The van der Waals surface area contributed by atoms with Crippen LogP contribution in [0.15, 0.2) is 48.7 Å². The third kappa shape index (κ3) is 3.78. The summed E-state index contributed by atoms with van der Waals surface area (Å²) in [6.45, 7) is 0.233. The van der Waals surface area contributed by atoms with Crippen LogP contribution in [-0.4, -0.2) is 9.97 Å². The van der Waals surface area contributed by atoms with E-state index in [1.54, 1.807) is 24.3 Å². The molecule has 1 aromatic carbocycles. The minimum atomic E-state index is -0.618. The number of pyridine rings is 2. The number of rotatable bonds is 4. The molecule has 4 nitrogen and oxygen atoms in total. The highest BCUT2D eigenvalue weighted by Crippen LogP contribution is 2.27. The third-order valence-corrected chi connectivity index (χ3v) is 3.60. The Balaban J connectivity index is 1.82. The Morgan fingerprint density at radius 3 is 2.58 bits per heavy atom. The molecule has 122 valence electrons.